The molecule has 0 aromatic heterocycles. The Balaban J connectivity index is 1.83. The summed E-state index contributed by atoms with van der Waals surface area (Å²) in [5, 5.41) is 22.6. The Kier molecular flexibility index (Phi) is 4.83. The Labute approximate surface area is 179 Å². The van der Waals surface area contributed by atoms with Crippen molar-refractivity contribution in [1.82, 2.24) is 0 Å². The fourth-order valence-corrected chi connectivity index (χ4v) is 7.93. The molecule has 0 unspecified atom stereocenters. The van der Waals surface area contributed by atoms with E-state index in [1.165, 1.54) is 6.92 Å². The molecule has 0 bridgehead atoms. The molecule has 158 valence electrons. The first kappa shape index (κ1) is 21.0. The Bertz CT molecular complexity index is 832. The lowest BCUT2D eigenvalue weighted by Gasteiger charge is -2.63. The zero-order chi connectivity index (χ0) is 21.2. The molecule has 29 heavy (non-hydrogen) atoms. The van der Waals surface area contributed by atoms with Crippen molar-refractivity contribution >= 4 is 27.7 Å². The van der Waals surface area contributed by atoms with Crippen molar-refractivity contribution in [2.75, 3.05) is 0 Å². The number of aliphatic hydroxyl groups excluding tert-OH is 1. The second-order valence-corrected chi connectivity index (χ2v) is 10.6. The Morgan fingerprint density at radius 3 is 2.69 bits per heavy atom. The first-order valence-corrected chi connectivity index (χ1v) is 11.0. The Morgan fingerprint density at radius 1 is 1.31 bits per heavy atom. The van der Waals surface area contributed by atoms with E-state index in [0.29, 0.717) is 25.7 Å². The second kappa shape index (κ2) is 6.65. The van der Waals surface area contributed by atoms with Crippen molar-refractivity contribution in [3.8, 4) is 12.3 Å². The number of carbonyl (C=O) groups is 2. The number of ketones is 1. The SMILES string of the molecule is C#C[C@]1(O)CC[C@H]2[C@@H]3CCC4=CC(=O)CC[C@]4(OOC(C)=O)[C@@]3(Br)[C@@H](O)C[C@@]21C. The summed E-state index contributed by atoms with van der Waals surface area (Å²) in [6, 6.07) is 0. The fourth-order valence-electron chi connectivity index (χ4n) is 6.70. The quantitative estimate of drug-likeness (QED) is 0.281. The van der Waals surface area contributed by atoms with Gasteiger partial charge >= 0.3 is 5.97 Å². The van der Waals surface area contributed by atoms with Crippen molar-refractivity contribution < 1.29 is 29.6 Å². The summed E-state index contributed by atoms with van der Waals surface area (Å²) in [6.45, 7) is 3.23. The summed E-state index contributed by atoms with van der Waals surface area (Å²) in [4.78, 5) is 34.5. The molecule has 4 rings (SSSR count). The van der Waals surface area contributed by atoms with Gasteiger partial charge in [0.1, 0.15) is 5.60 Å². The van der Waals surface area contributed by atoms with Crippen molar-refractivity contribution in [1.29, 1.82) is 0 Å². The van der Waals surface area contributed by atoms with Gasteiger partial charge in [0.15, 0.2) is 11.4 Å². The average molecular weight is 467 g/mol. The average Bonchev–Trinajstić information content (AvgIpc) is 2.92. The van der Waals surface area contributed by atoms with Gasteiger partial charge in [0, 0.05) is 18.8 Å². The summed E-state index contributed by atoms with van der Waals surface area (Å²) in [6.07, 6.45) is 9.75. The van der Waals surface area contributed by atoms with Crippen LogP contribution in [0, 0.1) is 29.6 Å². The zero-order valence-corrected chi connectivity index (χ0v) is 18.3. The predicted octanol–water partition coefficient (Wildman–Crippen LogP) is 2.60. The minimum absolute atomic E-state index is 0.00862. The molecule has 0 saturated heterocycles. The lowest BCUT2D eigenvalue weighted by atomic mass is 9.48. The van der Waals surface area contributed by atoms with Gasteiger partial charge < -0.3 is 10.2 Å². The minimum Gasteiger partial charge on any atom is -0.392 e. The van der Waals surface area contributed by atoms with Crippen LogP contribution in [0.1, 0.15) is 58.8 Å². The van der Waals surface area contributed by atoms with E-state index in [-0.39, 0.29) is 30.5 Å². The summed E-state index contributed by atoms with van der Waals surface area (Å²) in [7, 11) is 0. The number of terminal acetylenes is 1. The van der Waals surface area contributed by atoms with Crippen LogP contribution in [-0.4, -0.2) is 43.6 Å². The van der Waals surface area contributed by atoms with E-state index in [1.54, 1.807) is 6.08 Å². The summed E-state index contributed by atoms with van der Waals surface area (Å²) >= 11 is 3.88. The van der Waals surface area contributed by atoms with E-state index in [1.807, 2.05) is 6.92 Å². The van der Waals surface area contributed by atoms with Crippen LogP contribution in [0.5, 0.6) is 0 Å². The molecule has 7 atom stereocenters. The van der Waals surface area contributed by atoms with Crippen LogP contribution in [0.2, 0.25) is 0 Å². The van der Waals surface area contributed by atoms with Crippen molar-refractivity contribution in [2.24, 2.45) is 17.3 Å². The van der Waals surface area contributed by atoms with Crippen LogP contribution < -0.4 is 0 Å². The predicted molar refractivity (Wildman–Crippen MR) is 108 cm³/mol. The van der Waals surface area contributed by atoms with Crippen LogP contribution in [0.3, 0.4) is 0 Å². The van der Waals surface area contributed by atoms with Gasteiger partial charge in [0.25, 0.3) is 0 Å². The smallest absolute Gasteiger partial charge is 0.339 e. The van der Waals surface area contributed by atoms with Gasteiger partial charge in [-0.25, -0.2) is 4.79 Å². The molecule has 0 heterocycles. The highest BCUT2D eigenvalue weighted by Crippen LogP contribution is 2.69. The highest BCUT2D eigenvalue weighted by Gasteiger charge is 2.74. The molecular formula is C22H27BrO6. The Hall–Kier alpha value is -1.20. The summed E-state index contributed by atoms with van der Waals surface area (Å²) in [5.74, 6) is 2.00. The van der Waals surface area contributed by atoms with Crippen LogP contribution in [0.4, 0.5) is 0 Å². The van der Waals surface area contributed by atoms with E-state index in [4.69, 9.17) is 16.2 Å². The molecule has 0 aromatic carbocycles. The maximum Gasteiger partial charge on any atom is 0.339 e. The third kappa shape index (κ3) is 2.59. The van der Waals surface area contributed by atoms with Gasteiger partial charge in [-0.3, -0.25) is 9.68 Å². The van der Waals surface area contributed by atoms with Gasteiger partial charge in [-0.15, -0.1) is 6.42 Å². The number of fused-ring (bicyclic) bond motifs is 5. The molecule has 0 amide bonds. The monoisotopic (exact) mass is 466 g/mol. The number of carbonyl (C=O) groups excluding carboxylic acids is 2. The number of aliphatic hydroxyl groups is 2. The first-order chi connectivity index (χ1) is 13.5. The maximum atomic E-state index is 12.1. The molecular weight excluding hydrogens is 440 g/mol. The van der Waals surface area contributed by atoms with E-state index in [9.17, 15) is 19.8 Å². The number of hydrogen-bond donors (Lipinski definition) is 2. The maximum absolute atomic E-state index is 12.1. The van der Waals surface area contributed by atoms with Crippen molar-refractivity contribution in [2.45, 2.75) is 80.4 Å². The standard InChI is InChI=1S/C22H27BrO6/c1-4-20(27)9-8-16-17-6-5-14-11-15(25)7-10-21(14,29-28-13(2)24)22(17,23)18(26)12-19(16,20)3/h1,11,16-18,26-27H,5-10,12H2,2-3H3/t16-,17-,18-,19-,20-,21+,22-/m0/s1. The normalized spacial score (nSPS) is 48.6. The molecule has 2 N–H and O–H groups in total. The summed E-state index contributed by atoms with van der Waals surface area (Å²) < 4.78 is -0.954. The molecule has 4 aliphatic carbocycles. The van der Waals surface area contributed by atoms with Crippen LogP contribution >= 0.6 is 15.9 Å². The lowest BCUT2D eigenvalue weighted by Crippen LogP contribution is -2.72. The molecule has 0 spiro atoms. The third-order valence-corrected chi connectivity index (χ3v) is 9.93. The van der Waals surface area contributed by atoms with Gasteiger partial charge in [-0.05, 0) is 62.0 Å². The van der Waals surface area contributed by atoms with Gasteiger partial charge in [0.2, 0.25) is 0 Å². The third-order valence-electron chi connectivity index (χ3n) is 8.17. The van der Waals surface area contributed by atoms with E-state index < -0.39 is 33.0 Å². The van der Waals surface area contributed by atoms with Crippen LogP contribution in [0.15, 0.2) is 11.6 Å². The first-order valence-electron chi connectivity index (χ1n) is 10.2. The highest BCUT2D eigenvalue weighted by molar-refractivity contribution is 9.10. The van der Waals surface area contributed by atoms with Crippen LogP contribution in [0.25, 0.3) is 0 Å². The molecule has 7 heteroatoms. The summed E-state index contributed by atoms with van der Waals surface area (Å²) in [5.41, 5.74) is -2.28. The van der Waals surface area contributed by atoms with Crippen molar-refractivity contribution in [3.63, 3.8) is 0 Å². The van der Waals surface area contributed by atoms with E-state index >= 15 is 0 Å². The lowest BCUT2D eigenvalue weighted by molar-refractivity contribution is -0.347. The molecule has 0 aliphatic heterocycles. The van der Waals surface area contributed by atoms with Gasteiger partial charge in [-0.2, -0.15) is 4.89 Å². The molecule has 3 saturated carbocycles. The van der Waals surface area contributed by atoms with E-state index in [0.717, 1.165) is 12.0 Å². The number of alkyl halides is 1. The molecule has 0 radical (unpaired) electrons. The number of rotatable bonds is 2. The minimum atomic E-state index is -1.27. The fraction of sp³-hybridized carbons (Fsp3) is 0.727. The number of hydrogen-bond acceptors (Lipinski definition) is 6. The van der Waals surface area contributed by atoms with E-state index in [2.05, 4.69) is 21.9 Å². The van der Waals surface area contributed by atoms with Crippen LogP contribution in [-0.2, 0) is 19.4 Å². The number of halogens is 1. The highest BCUT2D eigenvalue weighted by atomic mass is 79.9. The largest absolute Gasteiger partial charge is 0.392 e. The molecule has 4 aliphatic rings. The van der Waals surface area contributed by atoms with Crippen molar-refractivity contribution in [3.05, 3.63) is 11.6 Å². The Morgan fingerprint density at radius 2 is 2.03 bits per heavy atom. The molecule has 0 aromatic rings. The zero-order valence-electron chi connectivity index (χ0n) is 16.7. The topological polar surface area (TPSA) is 93.1 Å². The van der Waals surface area contributed by atoms with Gasteiger partial charge in [-0.1, -0.05) is 28.8 Å². The van der Waals surface area contributed by atoms with Gasteiger partial charge in [0.05, 0.1) is 10.4 Å². The second-order valence-electron chi connectivity index (χ2n) is 9.32. The molecule has 3 fully saturated rings. The molecule has 6 nitrogen and oxygen atoms in total.